The molecule has 0 bridgehead atoms. The minimum atomic E-state index is -4.34. The Morgan fingerprint density at radius 2 is 1.22 bits per heavy atom. The summed E-state index contributed by atoms with van der Waals surface area (Å²) in [5.41, 5.74) is 1.47. The Hall–Kier alpha value is -4.52. The van der Waals surface area contributed by atoms with Crippen LogP contribution in [0.5, 0.6) is 0 Å². The zero-order chi connectivity index (χ0) is 37.6. The molecule has 6 rings (SSSR count). The number of benzene rings is 4. The molecular formula is C34H28CrN8Na2O9S+2. The van der Waals surface area contributed by atoms with Crippen LogP contribution in [-0.4, -0.2) is 49.6 Å². The fraction of sp³-hybridized carbons (Fsp3) is 0.0588. The van der Waals surface area contributed by atoms with E-state index < -0.39 is 27.6 Å². The molecule has 2 heterocycles. The summed E-state index contributed by atoms with van der Waals surface area (Å²) in [4.78, 5) is 47.1. The summed E-state index contributed by atoms with van der Waals surface area (Å²) in [5, 5.41) is 40.4. The van der Waals surface area contributed by atoms with E-state index in [1.165, 1.54) is 41.1 Å². The van der Waals surface area contributed by atoms with Crippen molar-refractivity contribution in [1.29, 1.82) is 0 Å². The van der Waals surface area contributed by atoms with Crippen molar-refractivity contribution < 1.29 is 114 Å². The Kier molecular flexibility index (Phi) is 17.3. The second-order valence-corrected chi connectivity index (χ2v) is 12.3. The number of para-hydroxylation sites is 2. The van der Waals surface area contributed by atoms with E-state index in [0.717, 1.165) is 16.8 Å². The van der Waals surface area contributed by atoms with Crippen LogP contribution < -0.4 is 80.5 Å². The maximum absolute atomic E-state index is 12.6. The molecule has 0 fully saturated rings. The minimum Gasteiger partial charge on any atom is -0.545 e. The Bertz CT molecular complexity index is 2590. The monoisotopic (exact) mass is 822 g/mol. The number of hydrogen-bond donors (Lipinski definition) is 5. The number of carboxylic acid groups (broad SMARTS) is 2. The van der Waals surface area contributed by atoms with Gasteiger partial charge in [-0.15, -0.1) is 10.2 Å². The molecule has 0 radical (unpaired) electrons. The van der Waals surface area contributed by atoms with Gasteiger partial charge in [0.15, 0.2) is 5.69 Å². The molecule has 6 aromatic rings. The zero-order valence-electron chi connectivity index (χ0n) is 29.6. The third kappa shape index (κ3) is 11.3. The van der Waals surface area contributed by atoms with Crippen molar-refractivity contribution in [3.63, 3.8) is 0 Å². The molecule has 270 valence electrons. The molecule has 17 nitrogen and oxygen atoms in total. The van der Waals surface area contributed by atoms with Gasteiger partial charge in [-0.2, -0.15) is 8.42 Å². The summed E-state index contributed by atoms with van der Waals surface area (Å²) in [5.74, 6) is -2.50. The summed E-state index contributed by atoms with van der Waals surface area (Å²) in [6.07, 6.45) is 0. The van der Waals surface area contributed by atoms with Crippen LogP contribution >= 0.6 is 0 Å². The molecule has 5 N–H and O–H groups in total. The second kappa shape index (κ2) is 20.4. The first-order valence-corrected chi connectivity index (χ1v) is 16.5. The van der Waals surface area contributed by atoms with Crippen LogP contribution in [0.4, 0.5) is 22.7 Å². The standard InChI is InChI=1S/C17H14N4O6S.C17H14N4O3.Cr.2Na/c1-10-15(19-18-14-5-3-2-4-13(14)17(23)24)16(22)21(20-10)11-6-8-12(9-7-11)28(25,26)27;1-11-15(16(22)21(20-11)12-7-3-2-4-8-12)19-18-14-10-6-5-9-13(14)17(23)24;;;/h2-9,20H,1H3,(H,23,24)(H,25,26,27);2-10,20H,1H3,(H,23,24);;;/q;;;2*+1. The Labute approximate surface area is 367 Å². The summed E-state index contributed by atoms with van der Waals surface area (Å²) in [6, 6.07) is 26.2. The normalized spacial score (nSPS) is 10.8. The molecule has 0 spiro atoms. The van der Waals surface area contributed by atoms with E-state index in [1.54, 1.807) is 50.2 Å². The quantitative estimate of drug-likeness (QED) is 0.0572. The van der Waals surface area contributed by atoms with Crippen LogP contribution in [0.1, 0.15) is 32.1 Å². The number of aromatic amines is 2. The molecule has 0 unspecified atom stereocenters. The van der Waals surface area contributed by atoms with Gasteiger partial charge in [-0.05, 0) is 73.6 Å². The Morgan fingerprint density at radius 3 is 1.80 bits per heavy atom. The summed E-state index contributed by atoms with van der Waals surface area (Å²) in [6.45, 7) is 3.31. The van der Waals surface area contributed by atoms with Crippen molar-refractivity contribution in [1.82, 2.24) is 19.6 Å². The molecule has 0 amide bonds. The fourth-order valence-corrected chi connectivity index (χ4v) is 5.23. The number of aromatic nitrogens is 4. The molecule has 0 aliphatic heterocycles. The van der Waals surface area contributed by atoms with Gasteiger partial charge in [0.1, 0.15) is 11.4 Å². The van der Waals surface area contributed by atoms with Crippen molar-refractivity contribution in [2.24, 2.45) is 15.3 Å². The van der Waals surface area contributed by atoms with Crippen LogP contribution in [0, 0.1) is 13.8 Å². The average molecular weight is 823 g/mol. The van der Waals surface area contributed by atoms with E-state index in [-0.39, 0.29) is 121 Å². The summed E-state index contributed by atoms with van der Waals surface area (Å²) >= 11 is 0. The van der Waals surface area contributed by atoms with Crippen molar-refractivity contribution in [2.75, 3.05) is 0 Å². The van der Waals surface area contributed by atoms with Gasteiger partial charge < -0.3 is 15.0 Å². The van der Waals surface area contributed by atoms with E-state index >= 15 is 0 Å². The van der Waals surface area contributed by atoms with Crippen LogP contribution in [-0.2, 0) is 27.5 Å². The van der Waals surface area contributed by atoms with Crippen LogP contribution in [0.25, 0.3) is 11.4 Å². The Balaban J connectivity index is 0.000000364. The third-order valence-corrected chi connectivity index (χ3v) is 8.19. The van der Waals surface area contributed by atoms with Crippen molar-refractivity contribution >= 4 is 44.8 Å². The van der Waals surface area contributed by atoms with Gasteiger partial charge in [0.05, 0.1) is 39.2 Å². The van der Waals surface area contributed by atoms with E-state index in [4.69, 9.17) is 4.55 Å². The Morgan fingerprint density at radius 1 is 0.709 bits per heavy atom. The summed E-state index contributed by atoms with van der Waals surface area (Å²) < 4.78 is 33.8. The number of nitrogens with one attached hydrogen (secondary N) is 3. The number of nitrogens with zero attached hydrogens (tertiary/aromatic N) is 5. The molecule has 0 saturated heterocycles. The number of carbonyl (C=O) groups excluding carboxylic acids is 1. The van der Waals surface area contributed by atoms with Gasteiger partial charge >= 0.3 is 76.3 Å². The number of carboxylic acids is 2. The number of azo groups is 2. The maximum atomic E-state index is 12.6. The molecular weight excluding hydrogens is 794 g/mol. The number of hydrogen-bond acceptors (Lipinski definition) is 10. The number of carbonyl (C=O) groups is 2. The topological polar surface area (TPSA) is 258 Å². The van der Waals surface area contributed by atoms with Gasteiger partial charge in [0, 0.05) is 22.9 Å². The second-order valence-electron chi connectivity index (χ2n) is 10.8. The number of H-pyrrole nitrogens is 2. The minimum absolute atomic E-state index is 0. The molecule has 2 aromatic heterocycles. The van der Waals surface area contributed by atoms with Crippen LogP contribution in [0.3, 0.4) is 0 Å². The molecule has 0 atom stereocenters. The van der Waals surface area contributed by atoms with Gasteiger partial charge in [-0.1, -0.05) is 53.6 Å². The van der Waals surface area contributed by atoms with E-state index in [1.807, 2.05) is 18.2 Å². The van der Waals surface area contributed by atoms with Gasteiger partial charge in [0.25, 0.3) is 15.7 Å². The van der Waals surface area contributed by atoms with Crippen LogP contribution in [0.15, 0.2) is 133 Å². The molecule has 55 heavy (non-hydrogen) atoms. The first-order valence-electron chi connectivity index (χ1n) is 15.0. The first-order chi connectivity index (χ1) is 24.8. The number of aromatic carboxylic acids is 2. The predicted octanol–water partition coefficient (Wildman–Crippen LogP) is -2.83. The van der Waals surface area contributed by atoms with Gasteiger partial charge in [-0.25, -0.2) is 14.2 Å². The van der Waals surface area contributed by atoms with E-state index in [0.29, 0.717) is 22.8 Å². The van der Waals surface area contributed by atoms with Gasteiger partial charge in [-0.3, -0.25) is 24.3 Å². The van der Waals surface area contributed by atoms with Gasteiger partial charge in [0.2, 0.25) is 0 Å². The van der Waals surface area contributed by atoms with Crippen LogP contribution in [0.2, 0.25) is 0 Å². The largest absolute Gasteiger partial charge is 1.00 e. The van der Waals surface area contributed by atoms with Crippen molar-refractivity contribution in [3.8, 4) is 11.4 Å². The van der Waals surface area contributed by atoms with Crippen molar-refractivity contribution in [3.05, 3.63) is 146 Å². The fourth-order valence-electron chi connectivity index (χ4n) is 4.75. The molecule has 4 aromatic carbocycles. The summed E-state index contributed by atoms with van der Waals surface area (Å²) in [7, 11) is -4.34. The molecule has 21 heteroatoms. The number of rotatable bonds is 9. The predicted molar refractivity (Wildman–Crippen MR) is 183 cm³/mol. The maximum Gasteiger partial charge on any atom is 1.00 e. The molecule has 0 aliphatic carbocycles. The molecule has 0 aliphatic rings. The number of aryl methyl sites for hydroxylation is 2. The van der Waals surface area contributed by atoms with E-state index in [2.05, 4.69) is 30.7 Å². The third-order valence-electron chi connectivity index (χ3n) is 7.32. The van der Waals surface area contributed by atoms with E-state index in [9.17, 15) is 37.8 Å². The van der Waals surface area contributed by atoms with Crippen molar-refractivity contribution in [2.45, 2.75) is 18.7 Å². The smallest absolute Gasteiger partial charge is 0.545 e. The molecule has 0 saturated carbocycles. The SMILES string of the molecule is Cc1[nH]n(-c2ccc(S(=O)(=O)O)cc2)c(=O)c1[NH+]=Nc1ccccc1C(=O)O.Cc1[nH]n(-c2ccccc2)c(=O)c1N=Nc1ccccc1C(=O)[O-].[Cr].[Na+].[Na+]. The average Bonchev–Trinajstić information content (AvgIpc) is 3.58. The first kappa shape index (κ1) is 46.6. The zero-order valence-corrected chi connectivity index (χ0v) is 35.7.